The van der Waals surface area contributed by atoms with E-state index in [1.54, 1.807) is 6.07 Å². The molecule has 10 heteroatoms. The second-order valence-corrected chi connectivity index (χ2v) is 9.06. The fourth-order valence-corrected chi connectivity index (χ4v) is 4.01. The summed E-state index contributed by atoms with van der Waals surface area (Å²) in [7, 11) is 2.00. The van der Waals surface area contributed by atoms with Crippen molar-refractivity contribution in [1.82, 2.24) is 15.3 Å². The van der Waals surface area contributed by atoms with Crippen molar-refractivity contribution in [1.29, 1.82) is 0 Å². The molecular weight excluding hydrogens is 466 g/mol. The molecule has 1 aliphatic rings. The molecule has 35 heavy (non-hydrogen) atoms. The van der Waals surface area contributed by atoms with E-state index in [1.165, 1.54) is 6.42 Å². The van der Waals surface area contributed by atoms with Crippen LogP contribution in [-0.4, -0.2) is 55.6 Å². The molecule has 2 heterocycles. The molecule has 0 saturated carbocycles. The Balaban J connectivity index is 1.48. The zero-order chi connectivity index (χ0) is 25.0. The Morgan fingerprint density at radius 2 is 2.11 bits per heavy atom. The Bertz CT molecular complexity index is 1000. The summed E-state index contributed by atoms with van der Waals surface area (Å²) < 4.78 is 5.32. The maximum absolute atomic E-state index is 12.0. The van der Waals surface area contributed by atoms with E-state index in [-0.39, 0.29) is 0 Å². The van der Waals surface area contributed by atoms with Gasteiger partial charge in [-0.1, -0.05) is 43.5 Å². The number of amides is 1. The molecule has 0 atom stereocenters. The Morgan fingerprint density at radius 1 is 1.26 bits per heavy atom. The molecule has 0 unspecified atom stereocenters. The van der Waals surface area contributed by atoms with Gasteiger partial charge in [0.2, 0.25) is 5.95 Å². The molecular formula is C25H36ClN7O2. The number of rotatable bonds is 12. The van der Waals surface area contributed by atoms with Crippen LogP contribution in [0.4, 0.5) is 28.1 Å². The summed E-state index contributed by atoms with van der Waals surface area (Å²) in [6.45, 7) is 5.35. The van der Waals surface area contributed by atoms with E-state index in [1.807, 2.05) is 31.5 Å². The van der Waals surface area contributed by atoms with Gasteiger partial charge in [-0.15, -0.1) is 0 Å². The first-order chi connectivity index (χ1) is 17.0. The standard InChI is InChI=1S/C25H36ClN7O2/c1-3-4-5-13-32(2)24-30-22(27)21-23(31-24)33(15-9-12-28-21)14-6-7-16-35-25(34)29-18-19-10-8-11-20(26)17-19/h8,10-12,17H,3-7,9,13-16,18H2,1-2H3,(H,29,34)(H2,27,30,31). The zero-order valence-electron chi connectivity index (χ0n) is 20.7. The number of halogens is 1. The van der Waals surface area contributed by atoms with E-state index in [0.717, 1.165) is 63.1 Å². The predicted molar refractivity (Wildman–Crippen MR) is 143 cm³/mol. The fraction of sp³-hybridized carbons (Fsp3) is 0.520. The highest BCUT2D eigenvalue weighted by atomic mass is 35.5. The molecule has 190 valence electrons. The molecule has 1 aromatic heterocycles. The Labute approximate surface area is 212 Å². The van der Waals surface area contributed by atoms with Crippen LogP contribution in [0, 0.1) is 0 Å². The van der Waals surface area contributed by atoms with Gasteiger partial charge in [-0.05, 0) is 37.0 Å². The second-order valence-electron chi connectivity index (χ2n) is 8.62. The van der Waals surface area contributed by atoms with Crippen molar-refractivity contribution in [2.75, 3.05) is 48.8 Å². The van der Waals surface area contributed by atoms with Gasteiger partial charge in [0, 0.05) is 50.9 Å². The van der Waals surface area contributed by atoms with Crippen molar-refractivity contribution in [3.05, 3.63) is 34.9 Å². The summed E-state index contributed by atoms with van der Waals surface area (Å²) in [4.78, 5) is 30.1. The summed E-state index contributed by atoms with van der Waals surface area (Å²) in [5.74, 6) is 1.79. The van der Waals surface area contributed by atoms with E-state index in [4.69, 9.17) is 27.1 Å². The molecule has 2 aromatic rings. The largest absolute Gasteiger partial charge is 0.450 e. The number of nitrogens with zero attached hydrogens (tertiary/aromatic N) is 5. The zero-order valence-corrected chi connectivity index (χ0v) is 21.4. The van der Waals surface area contributed by atoms with Crippen LogP contribution >= 0.6 is 11.6 Å². The van der Waals surface area contributed by atoms with E-state index in [0.29, 0.717) is 35.6 Å². The molecule has 0 radical (unpaired) electrons. The lowest BCUT2D eigenvalue weighted by Gasteiger charge is -2.25. The quantitative estimate of drug-likeness (QED) is 0.395. The van der Waals surface area contributed by atoms with Gasteiger partial charge in [-0.2, -0.15) is 9.97 Å². The highest BCUT2D eigenvalue weighted by Crippen LogP contribution is 2.35. The smallest absolute Gasteiger partial charge is 0.407 e. The van der Waals surface area contributed by atoms with Gasteiger partial charge in [-0.3, -0.25) is 4.99 Å². The first-order valence-corrected chi connectivity index (χ1v) is 12.7. The number of fused-ring (bicyclic) bond motifs is 1. The van der Waals surface area contributed by atoms with Crippen LogP contribution in [0.1, 0.15) is 51.0 Å². The minimum atomic E-state index is -0.435. The molecule has 3 rings (SSSR count). The number of hydrogen-bond donors (Lipinski definition) is 2. The Hall–Kier alpha value is -3.07. The van der Waals surface area contributed by atoms with Gasteiger partial charge in [0.25, 0.3) is 0 Å². The van der Waals surface area contributed by atoms with Crippen molar-refractivity contribution in [2.24, 2.45) is 4.99 Å². The SMILES string of the molecule is CCCCCN(C)c1nc(N)c2c(n1)N(CCCCOC(=O)NCc1cccc(Cl)c1)CCC=N2. The lowest BCUT2D eigenvalue weighted by atomic mass is 10.2. The van der Waals surface area contributed by atoms with Gasteiger partial charge in [-0.25, -0.2) is 4.79 Å². The molecule has 0 saturated heterocycles. The van der Waals surface area contributed by atoms with Crippen molar-refractivity contribution in [3.63, 3.8) is 0 Å². The average Bonchev–Trinajstić information content (AvgIpc) is 3.05. The number of benzene rings is 1. The van der Waals surface area contributed by atoms with Crippen LogP contribution in [0.5, 0.6) is 0 Å². The summed E-state index contributed by atoms with van der Waals surface area (Å²) in [5, 5.41) is 3.39. The summed E-state index contributed by atoms with van der Waals surface area (Å²) >= 11 is 5.97. The molecule has 3 N–H and O–H groups in total. The van der Waals surface area contributed by atoms with Gasteiger partial charge in [0.15, 0.2) is 11.6 Å². The monoisotopic (exact) mass is 501 g/mol. The number of aromatic nitrogens is 2. The Morgan fingerprint density at radius 3 is 2.91 bits per heavy atom. The Kier molecular flexibility index (Phi) is 10.4. The normalized spacial score (nSPS) is 12.7. The average molecular weight is 502 g/mol. The third-order valence-electron chi connectivity index (χ3n) is 5.75. The third-order valence-corrected chi connectivity index (χ3v) is 5.98. The van der Waals surface area contributed by atoms with Crippen molar-refractivity contribution in [3.8, 4) is 0 Å². The predicted octanol–water partition coefficient (Wildman–Crippen LogP) is 4.96. The van der Waals surface area contributed by atoms with E-state index < -0.39 is 6.09 Å². The van der Waals surface area contributed by atoms with Crippen LogP contribution in [0.15, 0.2) is 29.3 Å². The lowest BCUT2D eigenvalue weighted by molar-refractivity contribution is 0.143. The summed E-state index contributed by atoms with van der Waals surface area (Å²) in [5.41, 5.74) is 7.82. The molecule has 1 aliphatic heterocycles. The minimum Gasteiger partial charge on any atom is -0.450 e. The number of unbranched alkanes of at least 4 members (excludes halogenated alkanes) is 3. The molecule has 0 fully saturated rings. The topological polar surface area (TPSA) is 109 Å². The van der Waals surface area contributed by atoms with Gasteiger partial charge < -0.3 is 25.6 Å². The van der Waals surface area contributed by atoms with E-state index in [9.17, 15) is 4.79 Å². The number of hydrogen-bond acceptors (Lipinski definition) is 8. The number of nitrogens with one attached hydrogen (secondary N) is 1. The van der Waals surface area contributed by atoms with Gasteiger partial charge in [0.05, 0.1) is 6.61 Å². The number of alkyl carbamates (subject to hydrolysis) is 1. The third kappa shape index (κ3) is 8.28. The summed E-state index contributed by atoms with van der Waals surface area (Å²) in [6, 6.07) is 7.36. The van der Waals surface area contributed by atoms with Crippen LogP contribution in [0.2, 0.25) is 5.02 Å². The molecule has 1 amide bonds. The van der Waals surface area contributed by atoms with E-state index in [2.05, 4.69) is 32.0 Å². The van der Waals surface area contributed by atoms with Crippen molar-refractivity contribution < 1.29 is 9.53 Å². The first-order valence-electron chi connectivity index (χ1n) is 12.3. The number of carbonyl (C=O) groups is 1. The molecule has 0 spiro atoms. The highest BCUT2D eigenvalue weighted by molar-refractivity contribution is 6.30. The molecule has 1 aromatic carbocycles. The number of aliphatic imine (C=N–C) groups is 1. The van der Waals surface area contributed by atoms with Gasteiger partial charge >= 0.3 is 6.09 Å². The van der Waals surface area contributed by atoms with Crippen LogP contribution in [0.25, 0.3) is 0 Å². The lowest BCUT2D eigenvalue weighted by Crippen LogP contribution is -2.29. The maximum Gasteiger partial charge on any atom is 0.407 e. The second kappa shape index (κ2) is 13.7. The molecule has 0 aliphatic carbocycles. The van der Waals surface area contributed by atoms with E-state index >= 15 is 0 Å². The van der Waals surface area contributed by atoms with Crippen LogP contribution in [-0.2, 0) is 11.3 Å². The number of nitrogens with two attached hydrogens (primary N) is 1. The number of carbonyl (C=O) groups excluding carboxylic acids is 1. The minimum absolute atomic E-state index is 0.343. The number of ether oxygens (including phenoxy) is 1. The molecule has 0 bridgehead atoms. The summed E-state index contributed by atoms with van der Waals surface area (Å²) in [6.07, 6.45) is 7.24. The van der Waals surface area contributed by atoms with Gasteiger partial charge in [0.1, 0.15) is 5.69 Å². The van der Waals surface area contributed by atoms with Crippen molar-refractivity contribution in [2.45, 2.75) is 52.0 Å². The number of anilines is 3. The molecule has 9 nitrogen and oxygen atoms in total. The van der Waals surface area contributed by atoms with Crippen molar-refractivity contribution >= 4 is 47.2 Å². The number of nitrogen functional groups attached to an aromatic ring is 1. The maximum atomic E-state index is 12.0. The fourth-order valence-electron chi connectivity index (χ4n) is 3.80. The van der Waals surface area contributed by atoms with Crippen LogP contribution < -0.4 is 20.9 Å². The van der Waals surface area contributed by atoms with Crippen LogP contribution in [0.3, 0.4) is 0 Å². The highest BCUT2D eigenvalue weighted by Gasteiger charge is 2.21. The first kappa shape index (κ1) is 26.5.